The van der Waals surface area contributed by atoms with Crippen LogP contribution in [0, 0.1) is 13.8 Å². The molecule has 0 aliphatic carbocycles. The number of amides is 1. The van der Waals surface area contributed by atoms with Gasteiger partial charge in [-0.2, -0.15) is 0 Å². The molecule has 0 saturated carbocycles. The number of para-hydroxylation sites is 2. The van der Waals surface area contributed by atoms with Gasteiger partial charge in [0.05, 0.1) is 17.1 Å². The van der Waals surface area contributed by atoms with E-state index in [0.717, 1.165) is 22.4 Å². The number of rotatable bonds is 5. The number of carbonyl (C=O) groups excluding carboxylic acids is 1. The molecule has 1 atom stereocenters. The van der Waals surface area contributed by atoms with Crippen molar-refractivity contribution in [2.45, 2.75) is 26.8 Å². The summed E-state index contributed by atoms with van der Waals surface area (Å²) in [6.45, 7) is 5.94. The van der Waals surface area contributed by atoms with Crippen molar-refractivity contribution in [3.05, 3.63) is 59.4 Å². The van der Waals surface area contributed by atoms with Gasteiger partial charge in [-0.05, 0) is 56.2 Å². The SMILES string of the molecule is Cc1ccc(OCC(=O)N[C@@H](C)c2nc3ccccc3[nH]2)cc1C. The van der Waals surface area contributed by atoms with Gasteiger partial charge in [-0.3, -0.25) is 4.79 Å². The first kappa shape index (κ1) is 16.1. The van der Waals surface area contributed by atoms with Gasteiger partial charge in [0.1, 0.15) is 11.6 Å². The van der Waals surface area contributed by atoms with Crippen molar-refractivity contribution >= 4 is 16.9 Å². The molecule has 0 spiro atoms. The normalized spacial score (nSPS) is 12.1. The fraction of sp³-hybridized carbons (Fsp3) is 0.263. The van der Waals surface area contributed by atoms with E-state index in [9.17, 15) is 4.79 Å². The monoisotopic (exact) mass is 323 g/mol. The molecule has 2 aromatic carbocycles. The first-order valence-electron chi connectivity index (χ1n) is 7.97. The van der Waals surface area contributed by atoms with Crippen molar-refractivity contribution in [2.24, 2.45) is 0 Å². The number of aromatic amines is 1. The molecule has 5 heteroatoms. The second-order valence-corrected chi connectivity index (χ2v) is 5.96. The smallest absolute Gasteiger partial charge is 0.258 e. The Bertz CT molecular complexity index is 837. The van der Waals surface area contributed by atoms with Gasteiger partial charge in [-0.1, -0.05) is 18.2 Å². The number of aryl methyl sites for hydroxylation is 2. The Morgan fingerprint density at radius 3 is 2.75 bits per heavy atom. The van der Waals surface area contributed by atoms with Crippen molar-refractivity contribution in [3.63, 3.8) is 0 Å². The minimum atomic E-state index is -0.215. The molecule has 1 aromatic heterocycles. The van der Waals surface area contributed by atoms with E-state index in [0.29, 0.717) is 5.75 Å². The molecule has 3 aromatic rings. The third-order valence-corrected chi connectivity index (χ3v) is 4.04. The summed E-state index contributed by atoms with van der Waals surface area (Å²) in [5, 5.41) is 2.90. The molecule has 24 heavy (non-hydrogen) atoms. The first-order valence-corrected chi connectivity index (χ1v) is 7.97. The zero-order valence-electron chi connectivity index (χ0n) is 14.1. The highest BCUT2D eigenvalue weighted by molar-refractivity contribution is 5.78. The number of H-pyrrole nitrogens is 1. The van der Waals surface area contributed by atoms with Crippen LogP contribution in [0.3, 0.4) is 0 Å². The minimum absolute atomic E-state index is 0.0208. The van der Waals surface area contributed by atoms with E-state index in [2.05, 4.69) is 15.3 Å². The predicted molar refractivity (Wildman–Crippen MR) is 94.1 cm³/mol. The lowest BCUT2D eigenvalue weighted by Crippen LogP contribution is -2.31. The number of benzene rings is 2. The molecule has 124 valence electrons. The highest BCUT2D eigenvalue weighted by Crippen LogP contribution is 2.17. The third kappa shape index (κ3) is 3.56. The fourth-order valence-electron chi connectivity index (χ4n) is 2.48. The van der Waals surface area contributed by atoms with Crippen LogP contribution in [-0.4, -0.2) is 22.5 Å². The number of ether oxygens (including phenoxy) is 1. The van der Waals surface area contributed by atoms with E-state index >= 15 is 0 Å². The lowest BCUT2D eigenvalue weighted by atomic mass is 10.1. The van der Waals surface area contributed by atoms with E-state index in [1.807, 2.05) is 63.2 Å². The molecule has 0 aliphatic heterocycles. The van der Waals surface area contributed by atoms with Crippen LogP contribution in [-0.2, 0) is 4.79 Å². The maximum Gasteiger partial charge on any atom is 0.258 e. The lowest BCUT2D eigenvalue weighted by Gasteiger charge is -2.12. The molecular weight excluding hydrogens is 302 g/mol. The lowest BCUT2D eigenvalue weighted by molar-refractivity contribution is -0.123. The molecule has 5 nitrogen and oxygen atoms in total. The highest BCUT2D eigenvalue weighted by atomic mass is 16.5. The average molecular weight is 323 g/mol. The van der Waals surface area contributed by atoms with E-state index in [4.69, 9.17) is 4.74 Å². The summed E-state index contributed by atoms with van der Waals surface area (Å²) < 4.78 is 5.56. The van der Waals surface area contributed by atoms with E-state index in [-0.39, 0.29) is 18.6 Å². The third-order valence-electron chi connectivity index (χ3n) is 4.04. The summed E-state index contributed by atoms with van der Waals surface area (Å²) in [5.41, 5.74) is 4.19. The van der Waals surface area contributed by atoms with Crippen LogP contribution in [0.1, 0.15) is 29.9 Å². The summed E-state index contributed by atoms with van der Waals surface area (Å²) >= 11 is 0. The molecule has 0 bridgehead atoms. The van der Waals surface area contributed by atoms with Gasteiger partial charge in [0.2, 0.25) is 0 Å². The van der Waals surface area contributed by atoms with Crippen LogP contribution in [0.2, 0.25) is 0 Å². The Morgan fingerprint density at radius 2 is 2.00 bits per heavy atom. The number of imidazole rings is 1. The molecule has 0 radical (unpaired) electrons. The van der Waals surface area contributed by atoms with Gasteiger partial charge >= 0.3 is 0 Å². The van der Waals surface area contributed by atoms with Gasteiger partial charge in [0, 0.05) is 0 Å². The van der Waals surface area contributed by atoms with Crippen LogP contribution in [0.5, 0.6) is 5.75 Å². The summed E-state index contributed by atoms with van der Waals surface area (Å²) in [6.07, 6.45) is 0. The second-order valence-electron chi connectivity index (χ2n) is 5.96. The van der Waals surface area contributed by atoms with E-state index in [1.54, 1.807) is 0 Å². The van der Waals surface area contributed by atoms with E-state index in [1.165, 1.54) is 5.56 Å². The molecule has 2 N–H and O–H groups in total. The number of hydrogen-bond donors (Lipinski definition) is 2. The zero-order valence-corrected chi connectivity index (χ0v) is 14.1. The minimum Gasteiger partial charge on any atom is -0.484 e. The highest BCUT2D eigenvalue weighted by Gasteiger charge is 2.14. The number of fused-ring (bicyclic) bond motifs is 1. The Morgan fingerprint density at radius 1 is 1.21 bits per heavy atom. The first-order chi connectivity index (χ1) is 11.5. The molecule has 0 aliphatic rings. The Labute approximate surface area is 141 Å². The Hall–Kier alpha value is -2.82. The Balaban J connectivity index is 1.58. The number of aromatic nitrogens is 2. The molecule has 3 rings (SSSR count). The summed E-state index contributed by atoms with van der Waals surface area (Å²) in [7, 11) is 0. The average Bonchev–Trinajstić information content (AvgIpc) is 3.00. The van der Waals surface area contributed by atoms with Crippen molar-refractivity contribution in [3.8, 4) is 5.75 Å². The summed E-state index contributed by atoms with van der Waals surface area (Å²) in [6, 6.07) is 13.4. The molecular formula is C19H21N3O2. The number of nitrogens with one attached hydrogen (secondary N) is 2. The second kappa shape index (κ2) is 6.74. The van der Waals surface area contributed by atoms with Crippen molar-refractivity contribution in [2.75, 3.05) is 6.61 Å². The van der Waals surface area contributed by atoms with Crippen molar-refractivity contribution < 1.29 is 9.53 Å². The van der Waals surface area contributed by atoms with Gasteiger partial charge in [-0.15, -0.1) is 0 Å². The quantitative estimate of drug-likeness (QED) is 0.756. The Kier molecular flexibility index (Phi) is 4.51. The number of hydrogen-bond acceptors (Lipinski definition) is 3. The van der Waals surface area contributed by atoms with Gasteiger partial charge in [0.25, 0.3) is 5.91 Å². The summed E-state index contributed by atoms with van der Waals surface area (Å²) in [4.78, 5) is 19.8. The maximum atomic E-state index is 12.1. The number of nitrogens with zero attached hydrogens (tertiary/aromatic N) is 1. The molecule has 0 saturated heterocycles. The molecule has 1 heterocycles. The van der Waals surface area contributed by atoms with Gasteiger partial charge in [0.15, 0.2) is 6.61 Å². The fourth-order valence-corrected chi connectivity index (χ4v) is 2.48. The van der Waals surface area contributed by atoms with Gasteiger partial charge < -0.3 is 15.0 Å². The zero-order chi connectivity index (χ0) is 17.1. The maximum absolute atomic E-state index is 12.1. The van der Waals surface area contributed by atoms with Crippen LogP contribution < -0.4 is 10.1 Å². The van der Waals surface area contributed by atoms with E-state index < -0.39 is 0 Å². The standard InChI is InChI=1S/C19H21N3O2/c1-12-8-9-15(10-13(12)2)24-11-18(23)20-14(3)19-21-16-6-4-5-7-17(16)22-19/h4-10,14H,11H2,1-3H3,(H,20,23)(H,21,22)/t14-/m0/s1. The van der Waals surface area contributed by atoms with Crippen LogP contribution >= 0.6 is 0 Å². The van der Waals surface area contributed by atoms with Crippen LogP contribution in [0.4, 0.5) is 0 Å². The number of carbonyl (C=O) groups is 1. The molecule has 0 fully saturated rings. The largest absolute Gasteiger partial charge is 0.484 e. The molecule has 0 unspecified atom stereocenters. The topological polar surface area (TPSA) is 67.0 Å². The van der Waals surface area contributed by atoms with Crippen molar-refractivity contribution in [1.29, 1.82) is 0 Å². The van der Waals surface area contributed by atoms with Crippen LogP contribution in [0.15, 0.2) is 42.5 Å². The van der Waals surface area contributed by atoms with Crippen molar-refractivity contribution in [1.82, 2.24) is 15.3 Å². The summed E-state index contributed by atoms with van der Waals surface area (Å²) in [5.74, 6) is 1.25. The predicted octanol–water partition coefficient (Wildman–Crippen LogP) is 3.44. The molecule has 1 amide bonds. The van der Waals surface area contributed by atoms with Gasteiger partial charge in [-0.25, -0.2) is 4.98 Å². The van der Waals surface area contributed by atoms with Crippen LogP contribution in [0.25, 0.3) is 11.0 Å².